The second kappa shape index (κ2) is 6.45. The number of anilines is 1. The molecule has 0 radical (unpaired) electrons. The molecule has 0 saturated carbocycles. The lowest BCUT2D eigenvalue weighted by molar-refractivity contribution is 0.210. The minimum atomic E-state index is 0.610. The van der Waals surface area contributed by atoms with Crippen molar-refractivity contribution in [1.29, 1.82) is 0 Å². The first-order valence-electron chi connectivity index (χ1n) is 5.86. The molecule has 0 atom stereocenters. The minimum Gasteiger partial charge on any atom is -0.497 e. The van der Waals surface area contributed by atoms with Crippen LogP contribution in [-0.4, -0.2) is 36.9 Å². The fourth-order valence-electron chi connectivity index (χ4n) is 1.70. The van der Waals surface area contributed by atoms with Crippen molar-refractivity contribution in [2.24, 2.45) is 0 Å². The van der Waals surface area contributed by atoms with E-state index < -0.39 is 0 Å². The largest absolute Gasteiger partial charge is 0.497 e. The fourth-order valence-corrected chi connectivity index (χ4v) is 1.91. The van der Waals surface area contributed by atoms with Gasteiger partial charge in [0.25, 0.3) is 0 Å². The van der Waals surface area contributed by atoms with Crippen LogP contribution in [0.15, 0.2) is 30.6 Å². The van der Waals surface area contributed by atoms with Gasteiger partial charge in [-0.15, -0.1) is 0 Å². The van der Waals surface area contributed by atoms with E-state index in [2.05, 4.69) is 10.3 Å². The standard InChI is InChI=1S/C13H16ClN3O2/c1-18-8-6-16-13-15-5-7-17(13)12-9-10(19-2)3-4-11(12)14/h3-5,7,9H,6,8H2,1-2H3,(H,15,16). The number of methoxy groups -OCH3 is 2. The van der Waals surface area contributed by atoms with Crippen molar-refractivity contribution in [1.82, 2.24) is 9.55 Å². The fraction of sp³-hybridized carbons (Fsp3) is 0.308. The third-order valence-electron chi connectivity index (χ3n) is 2.64. The molecule has 0 amide bonds. The van der Waals surface area contributed by atoms with Crippen LogP contribution in [0.4, 0.5) is 5.95 Å². The van der Waals surface area contributed by atoms with Gasteiger partial charge in [0.15, 0.2) is 0 Å². The molecular weight excluding hydrogens is 266 g/mol. The van der Waals surface area contributed by atoms with Gasteiger partial charge in [-0.2, -0.15) is 0 Å². The van der Waals surface area contributed by atoms with Crippen molar-refractivity contribution in [2.75, 3.05) is 32.7 Å². The first-order chi connectivity index (χ1) is 9.26. The van der Waals surface area contributed by atoms with Crippen molar-refractivity contribution in [3.8, 4) is 11.4 Å². The molecule has 19 heavy (non-hydrogen) atoms. The number of nitrogens with zero attached hydrogens (tertiary/aromatic N) is 2. The van der Waals surface area contributed by atoms with Gasteiger partial charge in [-0.3, -0.25) is 4.57 Å². The van der Waals surface area contributed by atoms with Crippen LogP contribution < -0.4 is 10.1 Å². The Hall–Kier alpha value is -1.72. The average molecular weight is 282 g/mol. The lowest BCUT2D eigenvalue weighted by Gasteiger charge is -2.12. The van der Waals surface area contributed by atoms with Gasteiger partial charge in [-0.05, 0) is 12.1 Å². The number of hydrogen-bond donors (Lipinski definition) is 1. The van der Waals surface area contributed by atoms with Crippen LogP contribution in [0.2, 0.25) is 5.02 Å². The highest BCUT2D eigenvalue weighted by Crippen LogP contribution is 2.27. The van der Waals surface area contributed by atoms with Crippen molar-refractivity contribution < 1.29 is 9.47 Å². The molecule has 5 nitrogen and oxygen atoms in total. The highest BCUT2D eigenvalue weighted by Gasteiger charge is 2.09. The Morgan fingerprint density at radius 2 is 2.21 bits per heavy atom. The second-order valence-electron chi connectivity index (χ2n) is 3.86. The van der Waals surface area contributed by atoms with Gasteiger partial charge in [0.1, 0.15) is 5.75 Å². The van der Waals surface area contributed by atoms with E-state index in [1.54, 1.807) is 26.5 Å². The first kappa shape index (κ1) is 13.7. The number of aromatic nitrogens is 2. The summed E-state index contributed by atoms with van der Waals surface area (Å²) < 4.78 is 12.1. The van der Waals surface area contributed by atoms with Crippen LogP contribution in [0.25, 0.3) is 5.69 Å². The molecule has 2 rings (SSSR count). The Labute approximate surface area is 117 Å². The van der Waals surface area contributed by atoms with Gasteiger partial charge < -0.3 is 14.8 Å². The van der Waals surface area contributed by atoms with Crippen LogP contribution in [0, 0.1) is 0 Å². The summed E-state index contributed by atoms with van der Waals surface area (Å²) in [4.78, 5) is 4.26. The highest BCUT2D eigenvalue weighted by atomic mass is 35.5. The topological polar surface area (TPSA) is 48.3 Å². The quantitative estimate of drug-likeness (QED) is 0.827. The SMILES string of the molecule is COCCNc1nccn1-c1cc(OC)ccc1Cl. The maximum atomic E-state index is 6.22. The van der Waals surface area contributed by atoms with E-state index in [1.807, 2.05) is 22.9 Å². The van der Waals surface area contributed by atoms with Gasteiger partial charge in [0.05, 0.1) is 24.4 Å². The summed E-state index contributed by atoms with van der Waals surface area (Å²) in [6.45, 7) is 1.29. The van der Waals surface area contributed by atoms with Gasteiger partial charge >= 0.3 is 0 Å². The molecule has 1 aromatic carbocycles. The third-order valence-corrected chi connectivity index (χ3v) is 2.96. The van der Waals surface area contributed by atoms with Crippen LogP contribution in [0.5, 0.6) is 5.75 Å². The van der Waals surface area contributed by atoms with E-state index in [1.165, 1.54) is 0 Å². The van der Waals surface area contributed by atoms with E-state index in [4.69, 9.17) is 21.1 Å². The number of hydrogen-bond acceptors (Lipinski definition) is 4. The summed E-state index contributed by atoms with van der Waals surface area (Å²) in [7, 11) is 3.28. The predicted molar refractivity (Wildman–Crippen MR) is 75.5 cm³/mol. The summed E-state index contributed by atoms with van der Waals surface area (Å²) in [5.74, 6) is 1.46. The number of ether oxygens (including phenoxy) is 2. The molecule has 1 aromatic heterocycles. The number of nitrogens with one attached hydrogen (secondary N) is 1. The van der Waals surface area contributed by atoms with Crippen molar-refractivity contribution >= 4 is 17.5 Å². The maximum absolute atomic E-state index is 6.22. The van der Waals surface area contributed by atoms with Crippen LogP contribution in [-0.2, 0) is 4.74 Å². The van der Waals surface area contributed by atoms with E-state index in [9.17, 15) is 0 Å². The average Bonchev–Trinajstić information content (AvgIpc) is 2.88. The Morgan fingerprint density at radius 1 is 1.37 bits per heavy atom. The first-order valence-corrected chi connectivity index (χ1v) is 6.24. The highest BCUT2D eigenvalue weighted by molar-refractivity contribution is 6.32. The summed E-state index contributed by atoms with van der Waals surface area (Å²) >= 11 is 6.22. The van der Waals surface area contributed by atoms with Crippen LogP contribution in [0.3, 0.4) is 0 Å². The van der Waals surface area contributed by atoms with Crippen molar-refractivity contribution in [3.05, 3.63) is 35.6 Å². The molecule has 0 aliphatic rings. The molecule has 102 valence electrons. The Kier molecular flexibility index (Phi) is 4.65. The maximum Gasteiger partial charge on any atom is 0.207 e. The van der Waals surface area contributed by atoms with Crippen LogP contribution in [0.1, 0.15) is 0 Å². The lowest BCUT2D eigenvalue weighted by atomic mass is 10.3. The summed E-state index contributed by atoms with van der Waals surface area (Å²) in [5, 5.41) is 3.82. The molecule has 1 N–H and O–H groups in total. The van der Waals surface area contributed by atoms with Gasteiger partial charge in [0.2, 0.25) is 5.95 Å². The number of imidazole rings is 1. The molecule has 0 fully saturated rings. The van der Waals surface area contributed by atoms with Gasteiger partial charge in [-0.1, -0.05) is 11.6 Å². The van der Waals surface area contributed by atoms with E-state index in [-0.39, 0.29) is 0 Å². The molecule has 6 heteroatoms. The minimum absolute atomic E-state index is 0.610. The van der Waals surface area contributed by atoms with E-state index >= 15 is 0 Å². The lowest BCUT2D eigenvalue weighted by Crippen LogP contribution is -2.11. The normalized spacial score (nSPS) is 10.5. The summed E-state index contributed by atoms with van der Waals surface area (Å²) in [6, 6.07) is 5.49. The van der Waals surface area contributed by atoms with E-state index in [0.29, 0.717) is 24.1 Å². The molecule has 0 aliphatic carbocycles. The number of halogens is 1. The van der Waals surface area contributed by atoms with Gasteiger partial charge in [0, 0.05) is 32.1 Å². The molecule has 0 bridgehead atoms. The molecule has 0 spiro atoms. The Morgan fingerprint density at radius 3 is 2.95 bits per heavy atom. The smallest absolute Gasteiger partial charge is 0.207 e. The van der Waals surface area contributed by atoms with Crippen LogP contribution >= 0.6 is 11.6 Å². The number of benzene rings is 1. The molecule has 0 aliphatic heterocycles. The van der Waals surface area contributed by atoms with Gasteiger partial charge in [-0.25, -0.2) is 4.98 Å². The number of rotatable bonds is 6. The predicted octanol–water partition coefficient (Wildman–Crippen LogP) is 2.59. The Bertz CT molecular complexity index is 542. The second-order valence-corrected chi connectivity index (χ2v) is 4.26. The monoisotopic (exact) mass is 281 g/mol. The molecule has 2 aromatic rings. The molecule has 0 saturated heterocycles. The Balaban J connectivity index is 2.28. The molecular formula is C13H16ClN3O2. The summed E-state index contributed by atoms with van der Waals surface area (Å²) in [5.41, 5.74) is 0.818. The third kappa shape index (κ3) is 3.19. The van der Waals surface area contributed by atoms with E-state index in [0.717, 1.165) is 11.4 Å². The molecule has 1 heterocycles. The molecule has 0 unspecified atom stereocenters. The zero-order chi connectivity index (χ0) is 13.7. The zero-order valence-electron chi connectivity index (χ0n) is 10.9. The van der Waals surface area contributed by atoms with Crippen molar-refractivity contribution in [2.45, 2.75) is 0 Å². The summed E-state index contributed by atoms with van der Waals surface area (Å²) in [6.07, 6.45) is 3.56. The van der Waals surface area contributed by atoms with Crippen molar-refractivity contribution in [3.63, 3.8) is 0 Å². The zero-order valence-corrected chi connectivity index (χ0v) is 11.6.